The van der Waals surface area contributed by atoms with Crippen molar-refractivity contribution >= 4 is 11.9 Å². The van der Waals surface area contributed by atoms with Crippen molar-refractivity contribution in [2.45, 2.75) is 27.2 Å². The van der Waals surface area contributed by atoms with Gasteiger partial charge in [0, 0.05) is 24.3 Å². The summed E-state index contributed by atoms with van der Waals surface area (Å²) in [6.07, 6.45) is -2.75. The summed E-state index contributed by atoms with van der Waals surface area (Å²) in [5, 5.41) is 0. The Balaban J connectivity index is 2.17. The topological polar surface area (TPSA) is 94.2 Å². The molecule has 0 aliphatic carbocycles. The van der Waals surface area contributed by atoms with Crippen LogP contribution < -0.4 is 10.5 Å². The summed E-state index contributed by atoms with van der Waals surface area (Å²) in [5.74, 6) is -0.237. The van der Waals surface area contributed by atoms with Gasteiger partial charge in [-0.1, -0.05) is 30.3 Å². The maximum atomic E-state index is 13.5. The fourth-order valence-corrected chi connectivity index (χ4v) is 3.37. The third kappa shape index (κ3) is 5.16. The molecule has 7 nitrogen and oxygen atoms in total. The molecule has 3 rings (SSSR count). The van der Waals surface area contributed by atoms with Crippen LogP contribution in [0.5, 0.6) is 5.88 Å². The number of alkyl halides is 2. The fraction of sp³-hybridized carbons (Fsp3) is 0.304. The van der Waals surface area contributed by atoms with Crippen LogP contribution in [0.2, 0.25) is 0 Å². The number of halogens is 2. The number of amides is 1. The second kappa shape index (κ2) is 10.1. The number of pyridine rings is 1. The molecule has 0 fully saturated rings. The van der Waals surface area contributed by atoms with E-state index in [1.165, 1.54) is 6.07 Å². The van der Waals surface area contributed by atoms with Gasteiger partial charge < -0.3 is 15.4 Å². The molecule has 1 amide bonds. The predicted octanol–water partition coefficient (Wildman–Crippen LogP) is 4.28. The number of aryl methyl sites for hydroxylation is 1. The highest BCUT2D eigenvalue weighted by Crippen LogP contribution is 2.38. The number of hydrogen-bond donors (Lipinski definition) is 1. The number of anilines is 1. The summed E-state index contributed by atoms with van der Waals surface area (Å²) in [5.41, 5.74) is 7.84. The van der Waals surface area contributed by atoms with E-state index < -0.39 is 6.43 Å². The van der Waals surface area contributed by atoms with E-state index in [1.807, 2.05) is 44.2 Å². The largest absolute Gasteiger partial charge is 0.467 e. The van der Waals surface area contributed by atoms with Gasteiger partial charge >= 0.3 is 0 Å². The molecular formula is C23H25F2N5O2. The van der Waals surface area contributed by atoms with Gasteiger partial charge in [-0.3, -0.25) is 9.78 Å². The lowest BCUT2D eigenvalue weighted by Crippen LogP contribution is -2.34. The number of carbonyl (C=O) groups excluding carboxylic acids is 1. The highest BCUT2D eigenvalue weighted by atomic mass is 19.3. The molecule has 2 heterocycles. The number of ether oxygens (including phenoxy) is 1. The number of nitrogens with zero attached hydrogens (tertiary/aromatic N) is 4. The molecule has 2 aromatic heterocycles. The molecule has 9 heteroatoms. The Kier molecular flexibility index (Phi) is 7.29. The van der Waals surface area contributed by atoms with Crippen molar-refractivity contribution in [1.29, 1.82) is 0 Å². The molecule has 0 bridgehead atoms. The molecule has 0 saturated carbocycles. The maximum Gasteiger partial charge on any atom is 0.280 e. The number of hydrogen-bond acceptors (Lipinski definition) is 6. The molecule has 1 aromatic carbocycles. The van der Waals surface area contributed by atoms with E-state index in [-0.39, 0.29) is 30.0 Å². The van der Waals surface area contributed by atoms with Gasteiger partial charge in [0.15, 0.2) is 6.61 Å². The van der Waals surface area contributed by atoms with E-state index in [4.69, 9.17) is 10.5 Å². The van der Waals surface area contributed by atoms with E-state index >= 15 is 0 Å². The lowest BCUT2D eigenvalue weighted by molar-refractivity contribution is -0.133. The first-order chi connectivity index (χ1) is 15.3. The van der Waals surface area contributed by atoms with Gasteiger partial charge in [-0.05, 0) is 38.5 Å². The van der Waals surface area contributed by atoms with Gasteiger partial charge in [0.05, 0.1) is 11.3 Å². The first-order valence-electron chi connectivity index (χ1n) is 10.2. The maximum absolute atomic E-state index is 13.5. The van der Waals surface area contributed by atoms with Crippen molar-refractivity contribution in [1.82, 2.24) is 19.9 Å². The van der Waals surface area contributed by atoms with E-state index in [0.717, 1.165) is 0 Å². The van der Waals surface area contributed by atoms with Gasteiger partial charge in [0.2, 0.25) is 11.8 Å². The number of carbonyl (C=O) groups is 1. The lowest BCUT2D eigenvalue weighted by Gasteiger charge is -2.20. The second-order valence-corrected chi connectivity index (χ2v) is 7.05. The molecule has 32 heavy (non-hydrogen) atoms. The van der Waals surface area contributed by atoms with Crippen molar-refractivity contribution in [3.63, 3.8) is 0 Å². The number of aromatic nitrogens is 3. The minimum atomic E-state index is -2.75. The van der Waals surface area contributed by atoms with E-state index in [9.17, 15) is 13.6 Å². The number of nitrogen functional groups attached to an aromatic ring is 1. The molecule has 3 aromatic rings. The number of nitrogens with two attached hydrogens (primary N) is 1. The van der Waals surface area contributed by atoms with Crippen molar-refractivity contribution in [2.75, 3.05) is 25.4 Å². The highest BCUT2D eigenvalue weighted by molar-refractivity contribution is 5.85. The molecule has 0 radical (unpaired) electrons. The zero-order valence-corrected chi connectivity index (χ0v) is 18.2. The zero-order valence-electron chi connectivity index (χ0n) is 18.2. The van der Waals surface area contributed by atoms with Crippen LogP contribution in [-0.2, 0) is 4.79 Å². The molecule has 2 N–H and O–H groups in total. The zero-order chi connectivity index (χ0) is 23.3. The van der Waals surface area contributed by atoms with Gasteiger partial charge in [0.1, 0.15) is 5.69 Å². The average Bonchev–Trinajstić information content (AvgIpc) is 2.78. The highest BCUT2D eigenvalue weighted by Gasteiger charge is 2.22. The van der Waals surface area contributed by atoms with Crippen LogP contribution in [0.25, 0.3) is 22.4 Å². The molecule has 0 unspecified atom stereocenters. The van der Waals surface area contributed by atoms with E-state index in [2.05, 4.69) is 15.0 Å². The quantitative estimate of drug-likeness (QED) is 0.561. The number of rotatable bonds is 8. The van der Waals surface area contributed by atoms with Gasteiger partial charge in [-0.2, -0.15) is 4.98 Å². The van der Waals surface area contributed by atoms with Crippen LogP contribution in [0, 0.1) is 6.92 Å². The second-order valence-electron chi connectivity index (χ2n) is 7.05. The van der Waals surface area contributed by atoms with Crippen LogP contribution in [0.3, 0.4) is 0 Å². The van der Waals surface area contributed by atoms with Gasteiger partial charge in [-0.25, -0.2) is 13.8 Å². The van der Waals surface area contributed by atoms with Crippen LogP contribution in [-0.4, -0.2) is 45.5 Å². The third-order valence-corrected chi connectivity index (χ3v) is 4.87. The molecule has 0 aliphatic heterocycles. The summed E-state index contributed by atoms with van der Waals surface area (Å²) < 4.78 is 32.7. The Hall–Kier alpha value is -3.62. The van der Waals surface area contributed by atoms with Crippen molar-refractivity contribution in [2.24, 2.45) is 0 Å². The van der Waals surface area contributed by atoms with Crippen molar-refractivity contribution < 1.29 is 18.3 Å². The van der Waals surface area contributed by atoms with E-state index in [1.54, 1.807) is 17.9 Å². The molecule has 0 atom stereocenters. The Bertz CT molecular complexity index is 1090. The Morgan fingerprint density at radius 2 is 1.75 bits per heavy atom. The molecule has 168 valence electrons. The van der Waals surface area contributed by atoms with Crippen LogP contribution in [0.1, 0.15) is 31.7 Å². The van der Waals surface area contributed by atoms with Crippen LogP contribution in [0.15, 0.2) is 42.5 Å². The van der Waals surface area contributed by atoms with Crippen LogP contribution >= 0.6 is 0 Å². The van der Waals surface area contributed by atoms with E-state index in [0.29, 0.717) is 41.2 Å². The summed E-state index contributed by atoms with van der Waals surface area (Å²) in [4.78, 5) is 26.6. The van der Waals surface area contributed by atoms with Gasteiger partial charge in [-0.15, -0.1) is 0 Å². The SMILES string of the molecule is CCN(CC)C(=O)COc1nc(N)nc(-c2ccccc2)c1-c1cc(C)nc(C(F)F)c1. The number of benzene rings is 1. The Morgan fingerprint density at radius 3 is 2.38 bits per heavy atom. The number of likely N-dealkylation sites (N-methyl/N-ethyl adjacent to an activating group) is 1. The Morgan fingerprint density at radius 1 is 1.06 bits per heavy atom. The third-order valence-electron chi connectivity index (χ3n) is 4.87. The molecule has 0 saturated heterocycles. The minimum Gasteiger partial charge on any atom is -0.467 e. The molecule has 0 spiro atoms. The average molecular weight is 441 g/mol. The van der Waals surface area contributed by atoms with Crippen molar-refractivity contribution in [3.8, 4) is 28.3 Å². The minimum absolute atomic E-state index is 0.0441. The summed E-state index contributed by atoms with van der Waals surface area (Å²) in [7, 11) is 0. The van der Waals surface area contributed by atoms with Gasteiger partial charge in [0.25, 0.3) is 12.3 Å². The monoisotopic (exact) mass is 441 g/mol. The normalized spacial score (nSPS) is 10.9. The summed E-state index contributed by atoms with van der Waals surface area (Å²) in [6, 6.07) is 12.1. The fourth-order valence-electron chi connectivity index (χ4n) is 3.37. The standard InChI is InChI=1S/C23H25F2N5O2/c1-4-30(5-2)18(31)13-32-22-19(16-11-14(3)27-17(12-16)21(24)25)20(28-23(26)29-22)15-9-7-6-8-10-15/h6-12,21H,4-5,13H2,1-3H3,(H2,26,28,29). The van der Waals surface area contributed by atoms with Crippen LogP contribution in [0.4, 0.5) is 14.7 Å². The van der Waals surface area contributed by atoms with Crippen molar-refractivity contribution in [3.05, 3.63) is 53.9 Å². The first kappa shape index (κ1) is 23.1. The molecule has 0 aliphatic rings. The summed E-state index contributed by atoms with van der Waals surface area (Å²) >= 11 is 0. The smallest absolute Gasteiger partial charge is 0.280 e. The first-order valence-corrected chi connectivity index (χ1v) is 10.2. The summed E-state index contributed by atoms with van der Waals surface area (Å²) in [6.45, 7) is 6.16. The lowest BCUT2D eigenvalue weighted by atomic mass is 9.99. The molecular weight excluding hydrogens is 416 g/mol. The predicted molar refractivity (Wildman–Crippen MR) is 118 cm³/mol. The Labute approximate surface area is 185 Å².